The van der Waals surface area contributed by atoms with Crippen molar-refractivity contribution in [3.8, 4) is 22.3 Å². The van der Waals surface area contributed by atoms with E-state index >= 15 is 8.78 Å². The highest BCUT2D eigenvalue weighted by Crippen LogP contribution is 2.35. The molecular formula is C32H34F4O2. The first-order valence-corrected chi connectivity index (χ1v) is 13.3. The normalized spacial score (nSPS) is 17.5. The van der Waals surface area contributed by atoms with Crippen molar-refractivity contribution >= 4 is 0 Å². The molecule has 0 spiro atoms. The molecule has 1 fully saturated rings. The van der Waals surface area contributed by atoms with Gasteiger partial charge >= 0.3 is 0 Å². The summed E-state index contributed by atoms with van der Waals surface area (Å²) in [5, 5.41) is 0. The van der Waals surface area contributed by atoms with Gasteiger partial charge in [0.05, 0.1) is 13.2 Å². The van der Waals surface area contributed by atoms with Crippen LogP contribution in [0.5, 0.6) is 0 Å². The Kier molecular flexibility index (Phi) is 9.75. The fraction of sp³-hybridized carbons (Fsp3) is 0.375. The van der Waals surface area contributed by atoms with Gasteiger partial charge in [0.25, 0.3) is 0 Å². The maximum absolute atomic E-state index is 15.1. The van der Waals surface area contributed by atoms with Gasteiger partial charge in [0.15, 0.2) is 29.6 Å². The predicted octanol–water partition coefficient (Wildman–Crippen LogP) is 9.33. The van der Waals surface area contributed by atoms with E-state index < -0.39 is 29.6 Å². The molecular weight excluding hydrogens is 492 g/mol. The zero-order chi connectivity index (χ0) is 27.1. The summed E-state index contributed by atoms with van der Waals surface area (Å²) in [6.45, 7) is 6.61. The molecule has 0 atom stereocenters. The molecule has 3 aromatic rings. The first-order chi connectivity index (χ1) is 18.4. The van der Waals surface area contributed by atoms with Crippen molar-refractivity contribution in [2.24, 2.45) is 5.92 Å². The minimum absolute atomic E-state index is 0.0115. The highest BCUT2D eigenvalue weighted by atomic mass is 19.2. The average Bonchev–Trinajstić information content (AvgIpc) is 2.94. The summed E-state index contributed by atoms with van der Waals surface area (Å²) >= 11 is 0. The van der Waals surface area contributed by atoms with E-state index in [9.17, 15) is 8.78 Å². The van der Waals surface area contributed by atoms with Crippen molar-refractivity contribution in [1.82, 2.24) is 0 Å². The second-order valence-corrected chi connectivity index (χ2v) is 9.85. The van der Waals surface area contributed by atoms with Crippen LogP contribution in [-0.4, -0.2) is 13.2 Å². The topological polar surface area (TPSA) is 18.5 Å². The van der Waals surface area contributed by atoms with Crippen LogP contribution in [0.4, 0.5) is 17.6 Å². The zero-order valence-electron chi connectivity index (χ0n) is 21.8. The lowest BCUT2D eigenvalue weighted by Crippen LogP contribution is -2.27. The molecule has 0 aromatic heterocycles. The number of allylic oxidation sites excluding steroid dienone is 1. The molecule has 0 aliphatic carbocycles. The van der Waals surface area contributed by atoms with E-state index in [2.05, 4.69) is 13.5 Å². The van der Waals surface area contributed by atoms with E-state index in [1.54, 1.807) is 36.4 Å². The molecule has 202 valence electrons. The average molecular weight is 527 g/mol. The molecule has 2 nitrogen and oxygen atoms in total. The molecule has 1 aliphatic rings. The third-order valence-corrected chi connectivity index (χ3v) is 7.08. The summed E-state index contributed by atoms with van der Waals surface area (Å²) in [6, 6.07) is 12.4. The van der Waals surface area contributed by atoms with Crippen LogP contribution in [0.3, 0.4) is 0 Å². The van der Waals surface area contributed by atoms with Gasteiger partial charge in [-0.15, -0.1) is 6.58 Å². The van der Waals surface area contributed by atoms with Gasteiger partial charge in [-0.3, -0.25) is 0 Å². The minimum atomic E-state index is -1.02. The van der Waals surface area contributed by atoms with Crippen molar-refractivity contribution < 1.29 is 27.0 Å². The summed E-state index contributed by atoms with van der Waals surface area (Å²) in [5.74, 6) is -3.57. The fourth-order valence-electron chi connectivity index (χ4n) is 4.79. The standard InChI is InChI=1S/C32H34F4O2/c1-3-5-7-8-10-24-15-16-25(29(34)28(24)33)22-11-13-23(14-12-22)26-17-18-27(31(36)30(26)35)32-37-19-21(20-38-32)9-6-4-2/h4,11-18,21,32H,2-3,5-10,19-20H2,1H3. The Morgan fingerprint density at radius 3 is 1.97 bits per heavy atom. The van der Waals surface area contributed by atoms with Crippen LogP contribution in [0.25, 0.3) is 22.3 Å². The van der Waals surface area contributed by atoms with Crippen LogP contribution in [0.15, 0.2) is 61.2 Å². The summed E-state index contributed by atoms with van der Waals surface area (Å²) < 4.78 is 70.9. The number of unbranched alkanes of at least 4 members (excludes halogenated alkanes) is 3. The minimum Gasteiger partial charge on any atom is -0.348 e. The van der Waals surface area contributed by atoms with E-state index in [0.29, 0.717) is 36.3 Å². The Balaban J connectivity index is 1.48. The maximum Gasteiger partial charge on any atom is 0.186 e. The molecule has 0 N–H and O–H groups in total. The molecule has 0 unspecified atom stereocenters. The Morgan fingerprint density at radius 2 is 1.37 bits per heavy atom. The second-order valence-electron chi connectivity index (χ2n) is 9.85. The summed E-state index contributed by atoms with van der Waals surface area (Å²) in [7, 11) is 0. The summed E-state index contributed by atoms with van der Waals surface area (Å²) in [4.78, 5) is 0. The number of rotatable bonds is 11. The lowest BCUT2D eigenvalue weighted by Gasteiger charge is -2.29. The summed E-state index contributed by atoms with van der Waals surface area (Å²) in [6.07, 6.45) is 7.00. The van der Waals surface area contributed by atoms with Crippen LogP contribution in [0, 0.1) is 29.2 Å². The Labute approximate surface area is 222 Å². The van der Waals surface area contributed by atoms with Gasteiger partial charge in [-0.1, -0.05) is 80.8 Å². The third kappa shape index (κ3) is 6.36. The predicted molar refractivity (Wildman–Crippen MR) is 143 cm³/mol. The van der Waals surface area contributed by atoms with Gasteiger partial charge in [-0.2, -0.15) is 0 Å². The lowest BCUT2D eigenvalue weighted by molar-refractivity contribution is -0.207. The number of benzene rings is 3. The number of aryl methyl sites for hydroxylation is 1. The molecule has 3 aromatic carbocycles. The molecule has 0 amide bonds. The first-order valence-electron chi connectivity index (χ1n) is 13.3. The molecule has 1 saturated heterocycles. The van der Waals surface area contributed by atoms with Gasteiger partial charge < -0.3 is 9.47 Å². The number of hydrogen-bond acceptors (Lipinski definition) is 2. The number of halogens is 4. The van der Waals surface area contributed by atoms with E-state index in [1.165, 1.54) is 12.1 Å². The molecule has 0 radical (unpaired) electrons. The van der Waals surface area contributed by atoms with Crippen molar-refractivity contribution in [3.05, 3.63) is 95.6 Å². The van der Waals surface area contributed by atoms with Gasteiger partial charge in [0, 0.05) is 22.6 Å². The molecule has 0 saturated carbocycles. The van der Waals surface area contributed by atoms with Crippen molar-refractivity contribution in [2.45, 2.75) is 58.2 Å². The second kappa shape index (κ2) is 13.2. The van der Waals surface area contributed by atoms with Crippen molar-refractivity contribution in [3.63, 3.8) is 0 Å². The first kappa shape index (κ1) is 28.1. The Hall–Kier alpha value is -2.96. The molecule has 6 heteroatoms. The van der Waals surface area contributed by atoms with E-state index in [1.807, 2.05) is 6.08 Å². The maximum atomic E-state index is 15.1. The van der Waals surface area contributed by atoms with Gasteiger partial charge in [-0.25, -0.2) is 17.6 Å². The molecule has 4 rings (SSSR count). The van der Waals surface area contributed by atoms with Gasteiger partial charge in [-0.05, 0) is 42.4 Å². The fourth-order valence-corrected chi connectivity index (χ4v) is 4.79. The van der Waals surface area contributed by atoms with Crippen molar-refractivity contribution in [2.75, 3.05) is 13.2 Å². The third-order valence-electron chi connectivity index (χ3n) is 7.08. The van der Waals surface area contributed by atoms with Crippen LogP contribution < -0.4 is 0 Å². The Bertz CT molecular complexity index is 1230. The van der Waals surface area contributed by atoms with Crippen LogP contribution in [-0.2, 0) is 15.9 Å². The van der Waals surface area contributed by atoms with Crippen molar-refractivity contribution in [1.29, 1.82) is 0 Å². The lowest BCUT2D eigenvalue weighted by atomic mass is 9.96. The highest BCUT2D eigenvalue weighted by molar-refractivity contribution is 5.71. The van der Waals surface area contributed by atoms with E-state index in [0.717, 1.165) is 38.5 Å². The number of ether oxygens (including phenoxy) is 2. The molecule has 1 aliphatic heterocycles. The van der Waals surface area contributed by atoms with E-state index in [4.69, 9.17) is 9.47 Å². The SMILES string of the molecule is C=CCCC1COC(c2ccc(-c3ccc(-c4ccc(CCCCCC)c(F)c4F)cc3)c(F)c2F)OC1. The Morgan fingerprint density at radius 1 is 0.763 bits per heavy atom. The van der Waals surface area contributed by atoms with Gasteiger partial charge in [0.2, 0.25) is 0 Å². The highest BCUT2D eigenvalue weighted by Gasteiger charge is 2.28. The number of hydrogen-bond donors (Lipinski definition) is 0. The van der Waals surface area contributed by atoms with Crippen LogP contribution in [0.2, 0.25) is 0 Å². The summed E-state index contributed by atoms with van der Waals surface area (Å²) in [5.41, 5.74) is 1.44. The zero-order valence-corrected chi connectivity index (χ0v) is 21.8. The van der Waals surface area contributed by atoms with Crippen LogP contribution in [0.1, 0.15) is 62.9 Å². The molecule has 0 bridgehead atoms. The largest absolute Gasteiger partial charge is 0.348 e. The molecule has 38 heavy (non-hydrogen) atoms. The quantitative estimate of drug-likeness (QED) is 0.141. The molecule has 1 heterocycles. The smallest absolute Gasteiger partial charge is 0.186 e. The monoisotopic (exact) mass is 526 g/mol. The van der Waals surface area contributed by atoms with E-state index in [-0.39, 0.29) is 22.6 Å². The van der Waals surface area contributed by atoms with Gasteiger partial charge in [0.1, 0.15) is 0 Å². The van der Waals surface area contributed by atoms with Crippen LogP contribution >= 0.6 is 0 Å².